The highest BCUT2D eigenvalue weighted by Crippen LogP contribution is 2.03. The van der Waals surface area contributed by atoms with Crippen LogP contribution in [0.1, 0.15) is 6.92 Å². The van der Waals surface area contributed by atoms with E-state index in [2.05, 4.69) is 6.58 Å². The molecule has 0 spiro atoms. The summed E-state index contributed by atoms with van der Waals surface area (Å²) in [7, 11) is -1.72. The molecule has 3 nitrogen and oxygen atoms in total. The van der Waals surface area contributed by atoms with Crippen LogP contribution in [0.25, 0.3) is 0 Å². The Morgan fingerprint density at radius 2 is 2.07 bits per heavy atom. The molecule has 0 unspecified atom stereocenters. The van der Waals surface area contributed by atoms with E-state index in [1.165, 1.54) is 0 Å². The highest BCUT2D eigenvalue weighted by molar-refractivity contribution is 6.71. The number of carbonyl (C=O) groups excluding carboxylic acids is 1. The second kappa shape index (κ2) is 5.98. The minimum Gasteiger partial charge on any atom is -0.519 e. The van der Waals surface area contributed by atoms with E-state index in [0.717, 1.165) is 13.1 Å². The van der Waals surface area contributed by atoms with Gasteiger partial charge in [0.2, 0.25) is 8.32 Å². The van der Waals surface area contributed by atoms with Gasteiger partial charge in [0.1, 0.15) is 0 Å². The fourth-order valence-electron chi connectivity index (χ4n) is 1.04. The van der Waals surface area contributed by atoms with E-state index in [-0.39, 0.29) is 5.97 Å². The van der Waals surface area contributed by atoms with E-state index in [1.54, 1.807) is 6.08 Å². The second-order valence-corrected chi connectivity index (χ2v) is 8.63. The van der Waals surface area contributed by atoms with E-state index >= 15 is 0 Å². The third-order valence-corrected chi connectivity index (χ3v) is 2.45. The summed E-state index contributed by atoms with van der Waals surface area (Å²) in [6.07, 6.45) is 1.80. The molecule has 0 amide bonds. The van der Waals surface area contributed by atoms with Gasteiger partial charge in [-0.1, -0.05) is 13.0 Å². The molecule has 0 aliphatic carbocycles. The van der Waals surface area contributed by atoms with Crippen molar-refractivity contribution in [2.75, 3.05) is 19.6 Å². The zero-order chi connectivity index (χ0) is 11.2. The lowest BCUT2D eigenvalue weighted by molar-refractivity contribution is -0.136. The van der Waals surface area contributed by atoms with Crippen molar-refractivity contribution < 1.29 is 9.22 Å². The molecular formula is C10H21NO2Si. The summed E-state index contributed by atoms with van der Waals surface area (Å²) in [5, 5.41) is 0. The number of likely N-dealkylation sites (N-methyl/N-ethyl adjacent to an activating group) is 1. The monoisotopic (exact) mass is 215 g/mol. The topological polar surface area (TPSA) is 29.5 Å². The molecule has 0 saturated carbocycles. The van der Waals surface area contributed by atoms with Gasteiger partial charge in [0.05, 0.1) is 6.54 Å². The molecule has 0 saturated heterocycles. The molecular weight excluding hydrogens is 194 g/mol. The minimum absolute atomic E-state index is 0.118. The first-order valence-corrected chi connectivity index (χ1v) is 8.35. The first-order chi connectivity index (χ1) is 6.39. The summed E-state index contributed by atoms with van der Waals surface area (Å²) in [5.41, 5.74) is 0. The predicted molar refractivity (Wildman–Crippen MR) is 61.7 cm³/mol. The maximum Gasteiger partial charge on any atom is 0.306 e. The van der Waals surface area contributed by atoms with Crippen LogP contribution in [0.2, 0.25) is 19.6 Å². The minimum atomic E-state index is -1.72. The van der Waals surface area contributed by atoms with Gasteiger partial charge < -0.3 is 4.43 Å². The molecule has 0 atom stereocenters. The first kappa shape index (κ1) is 13.4. The Balaban J connectivity index is 3.96. The summed E-state index contributed by atoms with van der Waals surface area (Å²) < 4.78 is 5.34. The summed E-state index contributed by atoms with van der Waals surface area (Å²) in [5.74, 6) is -0.118. The molecule has 4 heteroatoms. The van der Waals surface area contributed by atoms with Crippen LogP contribution in [0, 0.1) is 0 Å². The van der Waals surface area contributed by atoms with Gasteiger partial charge >= 0.3 is 5.97 Å². The second-order valence-electron chi connectivity index (χ2n) is 4.20. The number of hydrogen-bond acceptors (Lipinski definition) is 3. The quantitative estimate of drug-likeness (QED) is 0.500. The van der Waals surface area contributed by atoms with Crippen molar-refractivity contribution in [3.8, 4) is 0 Å². The van der Waals surface area contributed by atoms with Gasteiger partial charge in [-0.2, -0.15) is 0 Å². The zero-order valence-corrected chi connectivity index (χ0v) is 10.7. The van der Waals surface area contributed by atoms with Gasteiger partial charge in [0.25, 0.3) is 0 Å². The van der Waals surface area contributed by atoms with Gasteiger partial charge in [-0.15, -0.1) is 6.58 Å². The molecule has 0 heterocycles. The number of rotatable bonds is 6. The molecule has 0 aromatic heterocycles. The molecule has 0 aromatic rings. The van der Waals surface area contributed by atoms with Crippen LogP contribution in [-0.2, 0) is 9.22 Å². The van der Waals surface area contributed by atoms with Crippen LogP contribution in [0.4, 0.5) is 0 Å². The Bertz CT molecular complexity index is 199. The largest absolute Gasteiger partial charge is 0.519 e. The molecule has 14 heavy (non-hydrogen) atoms. The molecule has 0 radical (unpaired) electrons. The summed E-state index contributed by atoms with van der Waals surface area (Å²) >= 11 is 0. The summed E-state index contributed by atoms with van der Waals surface area (Å²) in [6, 6.07) is 0. The smallest absolute Gasteiger partial charge is 0.306 e. The van der Waals surface area contributed by atoms with Crippen molar-refractivity contribution in [3.05, 3.63) is 12.7 Å². The average Bonchev–Trinajstić information content (AvgIpc) is 2.00. The molecule has 0 fully saturated rings. The van der Waals surface area contributed by atoms with E-state index < -0.39 is 8.32 Å². The molecule has 0 aliphatic rings. The molecule has 0 rings (SSSR count). The Labute approximate surface area is 87.9 Å². The van der Waals surface area contributed by atoms with E-state index in [1.807, 2.05) is 31.5 Å². The number of hydrogen-bond donors (Lipinski definition) is 0. The van der Waals surface area contributed by atoms with Crippen molar-refractivity contribution in [3.63, 3.8) is 0 Å². The lowest BCUT2D eigenvalue weighted by Crippen LogP contribution is -2.37. The third kappa shape index (κ3) is 6.86. The Hall–Kier alpha value is -0.613. The van der Waals surface area contributed by atoms with Crippen LogP contribution in [0.15, 0.2) is 12.7 Å². The Morgan fingerprint density at radius 3 is 2.43 bits per heavy atom. The van der Waals surface area contributed by atoms with Crippen molar-refractivity contribution in [2.45, 2.75) is 26.6 Å². The maximum absolute atomic E-state index is 11.4. The predicted octanol–water partition coefficient (Wildman–Crippen LogP) is 1.87. The first-order valence-electron chi connectivity index (χ1n) is 4.94. The van der Waals surface area contributed by atoms with Crippen LogP contribution in [0.5, 0.6) is 0 Å². The fraction of sp³-hybridized carbons (Fsp3) is 0.700. The normalized spacial score (nSPS) is 11.5. The number of carbonyl (C=O) groups is 1. The highest BCUT2D eigenvalue weighted by Gasteiger charge is 2.20. The standard InChI is InChI=1S/C10H21NO2Si/c1-6-8-11(7-2)9-10(12)13-14(3,4)5/h6H,1,7-9H2,2-5H3. The van der Waals surface area contributed by atoms with E-state index in [9.17, 15) is 4.79 Å². The van der Waals surface area contributed by atoms with Gasteiger partial charge in [-0.05, 0) is 26.2 Å². The van der Waals surface area contributed by atoms with Gasteiger partial charge in [-0.3, -0.25) is 9.69 Å². The van der Waals surface area contributed by atoms with Crippen molar-refractivity contribution in [2.24, 2.45) is 0 Å². The zero-order valence-electron chi connectivity index (χ0n) is 9.67. The Kier molecular flexibility index (Phi) is 5.72. The Morgan fingerprint density at radius 1 is 1.50 bits per heavy atom. The van der Waals surface area contributed by atoms with Gasteiger partial charge in [-0.25, -0.2) is 0 Å². The lowest BCUT2D eigenvalue weighted by atomic mass is 10.4. The van der Waals surface area contributed by atoms with Crippen LogP contribution >= 0.6 is 0 Å². The summed E-state index contributed by atoms with van der Waals surface area (Å²) in [4.78, 5) is 13.4. The highest BCUT2D eigenvalue weighted by atomic mass is 28.4. The van der Waals surface area contributed by atoms with Crippen molar-refractivity contribution in [1.82, 2.24) is 4.90 Å². The van der Waals surface area contributed by atoms with Crippen LogP contribution < -0.4 is 0 Å². The van der Waals surface area contributed by atoms with Crippen LogP contribution in [-0.4, -0.2) is 38.8 Å². The third-order valence-electron chi connectivity index (χ3n) is 1.61. The molecule has 0 N–H and O–H groups in total. The van der Waals surface area contributed by atoms with E-state index in [0.29, 0.717) is 6.54 Å². The summed E-state index contributed by atoms with van der Waals surface area (Å²) in [6.45, 7) is 13.6. The molecule has 0 aliphatic heterocycles. The molecule has 82 valence electrons. The SMILES string of the molecule is C=CCN(CC)CC(=O)O[Si](C)(C)C. The number of nitrogens with zero attached hydrogens (tertiary/aromatic N) is 1. The van der Waals surface area contributed by atoms with Crippen LogP contribution in [0.3, 0.4) is 0 Å². The lowest BCUT2D eigenvalue weighted by Gasteiger charge is -2.22. The molecule has 0 bridgehead atoms. The van der Waals surface area contributed by atoms with Gasteiger partial charge in [0, 0.05) is 6.54 Å². The molecule has 0 aromatic carbocycles. The van der Waals surface area contributed by atoms with Gasteiger partial charge in [0.15, 0.2) is 0 Å². The van der Waals surface area contributed by atoms with Crippen molar-refractivity contribution >= 4 is 14.3 Å². The average molecular weight is 215 g/mol. The van der Waals surface area contributed by atoms with Crippen molar-refractivity contribution in [1.29, 1.82) is 0 Å². The fourth-order valence-corrected chi connectivity index (χ4v) is 1.79. The van der Waals surface area contributed by atoms with E-state index in [4.69, 9.17) is 4.43 Å². The maximum atomic E-state index is 11.4.